The summed E-state index contributed by atoms with van der Waals surface area (Å²) < 4.78 is 12.8. The van der Waals surface area contributed by atoms with Gasteiger partial charge in [-0.25, -0.2) is 4.39 Å². The van der Waals surface area contributed by atoms with Crippen LogP contribution in [0.4, 0.5) is 10.1 Å². The van der Waals surface area contributed by atoms with E-state index in [1.165, 1.54) is 12.1 Å². The van der Waals surface area contributed by atoms with E-state index in [0.29, 0.717) is 5.69 Å². The van der Waals surface area contributed by atoms with E-state index in [2.05, 4.69) is 10.6 Å². The summed E-state index contributed by atoms with van der Waals surface area (Å²) in [7, 11) is 0. The number of anilines is 1. The lowest BCUT2D eigenvalue weighted by molar-refractivity contribution is -0.115. The largest absolute Gasteiger partial charge is 0.325 e. The predicted molar refractivity (Wildman–Crippen MR) is 66.3 cm³/mol. The highest BCUT2D eigenvalue weighted by Gasteiger charge is 2.01. The first kappa shape index (κ1) is 13.0. The second kappa shape index (κ2) is 7.24. The number of carbonyl (C=O) groups is 1. The Morgan fingerprint density at radius 1 is 1.50 bits per heavy atom. The van der Waals surface area contributed by atoms with Gasteiger partial charge in [-0.05, 0) is 24.5 Å². The molecule has 0 unspecified atom stereocenters. The highest BCUT2D eigenvalue weighted by Crippen LogP contribution is 2.08. The third-order valence-corrected chi connectivity index (χ3v) is 2.49. The molecule has 5 heteroatoms. The van der Waals surface area contributed by atoms with Gasteiger partial charge >= 0.3 is 0 Å². The van der Waals surface area contributed by atoms with Crippen LogP contribution in [0.3, 0.4) is 0 Å². The summed E-state index contributed by atoms with van der Waals surface area (Å²) in [5.74, 6) is 0.451. The summed E-state index contributed by atoms with van der Waals surface area (Å²) in [6.07, 6.45) is 2.01. The average molecular weight is 242 g/mol. The summed E-state index contributed by atoms with van der Waals surface area (Å²) in [4.78, 5) is 11.4. The Hall–Kier alpha value is -1.07. The SMILES string of the molecule is CSCCNCC(=O)Nc1cccc(F)c1. The van der Waals surface area contributed by atoms with Gasteiger partial charge in [-0.2, -0.15) is 11.8 Å². The minimum absolute atomic E-state index is 0.160. The van der Waals surface area contributed by atoms with Gasteiger partial charge in [-0.15, -0.1) is 0 Å². The minimum atomic E-state index is -0.354. The van der Waals surface area contributed by atoms with Crippen molar-refractivity contribution in [3.05, 3.63) is 30.1 Å². The predicted octanol–water partition coefficient (Wildman–Crippen LogP) is 1.72. The molecule has 1 aromatic rings. The molecule has 0 saturated carbocycles. The molecule has 1 amide bonds. The molecule has 1 aromatic carbocycles. The zero-order valence-electron chi connectivity index (χ0n) is 9.13. The van der Waals surface area contributed by atoms with Crippen molar-refractivity contribution in [2.75, 3.05) is 30.4 Å². The lowest BCUT2D eigenvalue weighted by atomic mass is 10.3. The number of amides is 1. The van der Waals surface area contributed by atoms with Crippen LogP contribution in [0.15, 0.2) is 24.3 Å². The number of hydrogen-bond acceptors (Lipinski definition) is 3. The van der Waals surface area contributed by atoms with Gasteiger partial charge in [0, 0.05) is 18.0 Å². The van der Waals surface area contributed by atoms with E-state index in [0.717, 1.165) is 12.3 Å². The van der Waals surface area contributed by atoms with Crippen LogP contribution in [0.1, 0.15) is 0 Å². The Morgan fingerprint density at radius 3 is 3.00 bits per heavy atom. The molecule has 0 aliphatic carbocycles. The van der Waals surface area contributed by atoms with Gasteiger partial charge in [0.05, 0.1) is 6.54 Å². The molecule has 0 bridgehead atoms. The van der Waals surface area contributed by atoms with Gasteiger partial charge in [0.25, 0.3) is 0 Å². The molecule has 0 fully saturated rings. The Labute approximate surface area is 98.8 Å². The third-order valence-electron chi connectivity index (χ3n) is 1.88. The maximum Gasteiger partial charge on any atom is 0.238 e. The fourth-order valence-electron chi connectivity index (χ4n) is 1.15. The van der Waals surface area contributed by atoms with Crippen LogP contribution in [-0.4, -0.2) is 31.0 Å². The van der Waals surface area contributed by atoms with Crippen molar-refractivity contribution in [2.45, 2.75) is 0 Å². The van der Waals surface area contributed by atoms with Gasteiger partial charge in [0.2, 0.25) is 5.91 Å². The molecule has 16 heavy (non-hydrogen) atoms. The fourth-order valence-corrected chi connectivity index (χ4v) is 1.50. The monoisotopic (exact) mass is 242 g/mol. The number of nitrogens with one attached hydrogen (secondary N) is 2. The minimum Gasteiger partial charge on any atom is -0.325 e. The second-order valence-corrected chi connectivity index (χ2v) is 4.21. The van der Waals surface area contributed by atoms with Crippen molar-refractivity contribution in [3.63, 3.8) is 0 Å². The number of halogens is 1. The van der Waals surface area contributed by atoms with Crippen molar-refractivity contribution in [1.29, 1.82) is 0 Å². The van der Waals surface area contributed by atoms with Crippen LogP contribution < -0.4 is 10.6 Å². The van der Waals surface area contributed by atoms with Crippen LogP contribution in [0.5, 0.6) is 0 Å². The fraction of sp³-hybridized carbons (Fsp3) is 0.364. The van der Waals surface area contributed by atoms with Crippen LogP contribution in [0.2, 0.25) is 0 Å². The Bertz CT molecular complexity index is 347. The molecule has 0 atom stereocenters. The Morgan fingerprint density at radius 2 is 2.31 bits per heavy atom. The van der Waals surface area contributed by atoms with E-state index in [1.54, 1.807) is 23.9 Å². The molecule has 0 saturated heterocycles. The summed E-state index contributed by atoms with van der Waals surface area (Å²) >= 11 is 1.72. The first-order chi connectivity index (χ1) is 7.72. The molecule has 0 heterocycles. The van der Waals surface area contributed by atoms with E-state index < -0.39 is 0 Å². The first-order valence-corrected chi connectivity index (χ1v) is 6.37. The molecular formula is C11H15FN2OS. The van der Waals surface area contributed by atoms with Gasteiger partial charge in [0.1, 0.15) is 5.82 Å². The van der Waals surface area contributed by atoms with Crippen molar-refractivity contribution in [1.82, 2.24) is 5.32 Å². The van der Waals surface area contributed by atoms with Crippen molar-refractivity contribution in [3.8, 4) is 0 Å². The molecule has 3 nitrogen and oxygen atoms in total. The lowest BCUT2D eigenvalue weighted by Gasteiger charge is -2.06. The molecule has 1 rings (SSSR count). The molecule has 0 aliphatic rings. The number of hydrogen-bond donors (Lipinski definition) is 2. The topological polar surface area (TPSA) is 41.1 Å². The summed E-state index contributed by atoms with van der Waals surface area (Å²) in [6.45, 7) is 1.04. The number of thioether (sulfide) groups is 1. The van der Waals surface area contributed by atoms with Crippen LogP contribution in [-0.2, 0) is 4.79 Å². The Balaban J connectivity index is 2.29. The molecule has 88 valence electrons. The third kappa shape index (κ3) is 5.14. The number of rotatable bonds is 6. The zero-order chi connectivity index (χ0) is 11.8. The van der Waals surface area contributed by atoms with E-state index in [1.807, 2.05) is 6.26 Å². The summed E-state index contributed by atoms with van der Waals surface area (Å²) in [5.41, 5.74) is 0.483. The standard InChI is InChI=1S/C11H15FN2OS/c1-16-6-5-13-8-11(15)14-10-4-2-3-9(12)7-10/h2-4,7,13H,5-6,8H2,1H3,(H,14,15). The maximum absolute atomic E-state index is 12.8. The van der Waals surface area contributed by atoms with Crippen molar-refractivity contribution in [2.24, 2.45) is 0 Å². The molecule has 0 aliphatic heterocycles. The molecule has 0 spiro atoms. The quantitative estimate of drug-likeness (QED) is 0.746. The number of carbonyl (C=O) groups excluding carboxylic acids is 1. The Kier molecular flexibility index (Phi) is 5.88. The summed E-state index contributed by atoms with van der Waals surface area (Å²) in [6, 6.07) is 5.85. The van der Waals surface area contributed by atoms with Gasteiger partial charge in [-0.3, -0.25) is 4.79 Å². The van der Waals surface area contributed by atoms with Gasteiger partial charge < -0.3 is 10.6 Å². The first-order valence-electron chi connectivity index (χ1n) is 4.97. The van der Waals surface area contributed by atoms with Crippen molar-refractivity contribution >= 4 is 23.4 Å². The van der Waals surface area contributed by atoms with Crippen molar-refractivity contribution < 1.29 is 9.18 Å². The molecular weight excluding hydrogens is 227 g/mol. The molecule has 0 aromatic heterocycles. The van der Waals surface area contributed by atoms with E-state index in [9.17, 15) is 9.18 Å². The normalized spacial score (nSPS) is 10.1. The van der Waals surface area contributed by atoms with E-state index in [-0.39, 0.29) is 18.3 Å². The smallest absolute Gasteiger partial charge is 0.238 e. The van der Waals surface area contributed by atoms with E-state index >= 15 is 0 Å². The maximum atomic E-state index is 12.8. The highest BCUT2D eigenvalue weighted by molar-refractivity contribution is 7.98. The van der Waals surface area contributed by atoms with Crippen LogP contribution >= 0.6 is 11.8 Å². The van der Waals surface area contributed by atoms with Crippen LogP contribution in [0, 0.1) is 5.82 Å². The number of benzene rings is 1. The van der Waals surface area contributed by atoms with Gasteiger partial charge in [0.15, 0.2) is 0 Å². The van der Waals surface area contributed by atoms with E-state index in [4.69, 9.17) is 0 Å². The zero-order valence-corrected chi connectivity index (χ0v) is 9.94. The second-order valence-electron chi connectivity index (χ2n) is 3.23. The summed E-state index contributed by atoms with van der Waals surface area (Å²) in [5, 5.41) is 5.61. The highest BCUT2D eigenvalue weighted by atomic mass is 32.2. The van der Waals surface area contributed by atoms with Crippen LogP contribution in [0.25, 0.3) is 0 Å². The lowest BCUT2D eigenvalue weighted by Crippen LogP contribution is -2.29. The molecule has 0 radical (unpaired) electrons. The van der Waals surface area contributed by atoms with Gasteiger partial charge in [-0.1, -0.05) is 6.07 Å². The molecule has 2 N–H and O–H groups in total. The average Bonchev–Trinajstić information content (AvgIpc) is 2.24.